The molecule has 61 heavy (non-hydrogen) atoms. The molecule has 4 N–H and O–H groups in total. The number of hydrogen-bond donors (Lipinski definition) is 4. The van der Waals surface area contributed by atoms with Gasteiger partial charge in [-0.25, -0.2) is 0 Å². The van der Waals surface area contributed by atoms with Gasteiger partial charge in [-0.2, -0.15) is 0 Å². The van der Waals surface area contributed by atoms with E-state index < -0.39 is 55.4 Å². The number of unbranched alkanes of at least 4 members (excludes halogenated alkanes) is 22. The van der Waals surface area contributed by atoms with Gasteiger partial charge in [-0.1, -0.05) is 165 Å². The number of carbonyl (C=O) groups excluding carboxylic acids is 2. The Morgan fingerprint density at radius 2 is 0.918 bits per heavy atom. The van der Waals surface area contributed by atoms with Crippen molar-refractivity contribution >= 4 is 11.9 Å². The number of esters is 2. The van der Waals surface area contributed by atoms with Gasteiger partial charge in [0.15, 0.2) is 12.4 Å². The Bertz CT molecular complexity index is 1130. The lowest BCUT2D eigenvalue weighted by Gasteiger charge is -2.39. The monoisotopic (exact) mass is 863 g/mol. The van der Waals surface area contributed by atoms with Crippen molar-refractivity contribution in [1.29, 1.82) is 0 Å². The molecule has 1 aliphatic heterocycles. The molecular formula is C51H90O10. The van der Waals surface area contributed by atoms with Crippen molar-refractivity contribution < 1.29 is 49.0 Å². The molecule has 0 aromatic heterocycles. The summed E-state index contributed by atoms with van der Waals surface area (Å²) in [5, 5.41) is 40.1. The Morgan fingerprint density at radius 1 is 0.508 bits per heavy atom. The molecule has 0 saturated carbocycles. The standard InChI is InChI=1S/C51H90O10/c1-3-5-7-9-11-13-15-17-19-20-21-22-23-24-26-28-30-32-34-36-38-40-47(54)60-44(43-59-51-50(57)49(56)48(55)45(41-52)61-51)42-58-46(53)39-37-35-33-31-29-27-25-18-16-14-12-10-8-6-4-2/h12,14,17-19,25,29,31,44-45,48-52,55-57H,3-11,13,15-16,20-24,26-28,30,32-43H2,1-2H3/b14-12+,19-17+,25-18+,31-29+/t44-,45-,48+,49?,50?,51-/m1/s1. The summed E-state index contributed by atoms with van der Waals surface area (Å²) in [5.74, 6) is -0.849. The van der Waals surface area contributed by atoms with Crippen LogP contribution in [0, 0.1) is 0 Å². The fraction of sp³-hybridized carbons (Fsp3) is 0.804. The first-order valence-corrected chi connectivity index (χ1v) is 24.7. The second kappa shape index (κ2) is 41.7. The average molecular weight is 863 g/mol. The lowest BCUT2D eigenvalue weighted by molar-refractivity contribution is -0.305. The van der Waals surface area contributed by atoms with Crippen LogP contribution in [0.1, 0.15) is 206 Å². The third-order valence-electron chi connectivity index (χ3n) is 11.2. The Kier molecular flexibility index (Phi) is 38.7. The summed E-state index contributed by atoms with van der Waals surface area (Å²) in [6, 6.07) is 0. The molecule has 0 radical (unpaired) electrons. The smallest absolute Gasteiger partial charge is 0.306 e. The summed E-state index contributed by atoms with van der Waals surface area (Å²) < 4.78 is 22.2. The molecule has 0 aliphatic carbocycles. The quantitative estimate of drug-likeness (QED) is 0.0265. The Balaban J connectivity index is 2.29. The molecule has 0 aromatic carbocycles. The molecule has 10 nitrogen and oxygen atoms in total. The lowest BCUT2D eigenvalue weighted by Crippen LogP contribution is -2.59. The zero-order valence-corrected chi connectivity index (χ0v) is 38.7. The van der Waals surface area contributed by atoms with E-state index in [2.05, 4.69) is 62.5 Å². The zero-order valence-electron chi connectivity index (χ0n) is 38.7. The summed E-state index contributed by atoms with van der Waals surface area (Å²) in [5.41, 5.74) is 0. The summed E-state index contributed by atoms with van der Waals surface area (Å²) in [4.78, 5) is 25.4. The molecule has 6 atom stereocenters. The number of aliphatic hydroxyl groups excluding tert-OH is 4. The first kappa shape index (κ1) is 56.7. The van der Waals surface area contributed by atoms with Crippen LogP contribution in [0.25, 0.3) is 0 Å². The van der Waals surface area contributed by atoms with Gasteiger partial charge in [0.1, 0.15) is 31.0 Å². The molecule has 354 valence electrons. The van der Waals surface area contributed by atoms with E-state index in [1.807, 2.05) is 0 Å². The van der Waals surface area contributed by atoms with E-state index in [4.69, 9.17) is 18.9 Å². The molecule has 0 aromatic rings. The van der Waals surface area contributed by atoms with Crippen molar-refractivity contribution in [3.8, 4) is 0 Å². The van der Waals surface area contributed by atoms with Gasteiger partial charge in [-0.05, 0) is 77.0 Å². The molecule has 1 heterocycles. The first-order chi connectivity index (χ1) is 29.8. The predicted octanol–water partition coefficient (Wildman–Crippen LogP) is 11.2. The van der Waals surface area contributed by atoms with Crippen molar-refractivity contribution in [2.75, 3.05) is 19.8 Å². The molecular weight excluding hydrogens is 773 g/mol. The Morgan fingerprint density at radius 3 is 1.46 bits per heavy atom. The second-order valence-electron chi connectivity index (χ2n) is 16.9. The third-order valence-corrected chi connectivity index (χ3v) is 11.2. The van der Waals surface area contributed by atoms with Crippen molar-refractivity contribution in [1.82, 2.24) is 0 Å². The molecule has 1 saturated heterocycles. The minimum absolute atomic E-state index is 0.220. The van der Waals surface area contributed by atoms with Crippen molar-refractivity contribution in [2.24, 2.45) is 0 Å². The fourth-order valence-electron chi connectivity index (χ4n) is 7.25. The number of ether oxygens (including phenoxy) is 4. The van der Waals surface area contributed by atoms with E-state index in [0.29, 0.717) is 12.8 Å². The van der Waals surface area contributed by atoms with Gasteiger partial charge in [0.25, 0.3) is 0 Å². The van der Waals surface area contributed by atoms with Crippen LogP contribution in [0.15, 0.2) is 48.6 Å². The maximum Gasteiger partial charge on any atom is 0.306 e. The molecule has 1 aliphatic rings. The van der Waals surface area contributed by atoms with Crippen LogP contribution in [-0.4, -0.2) is 89.0 Å². The van der Waals surface area contributed by atoms with Gasteiger partial charge in [-0.15, -0.1) is 0 Å². The number of carbonyl (C=O) groups is 2. The average Bonchev–Trinajstić information content (AvgIpc) is 3.26. The molecule has 1 rings (SSSR count). The SMILES string of the molecule is CCCCC/C=C/C/C=C/C/C=C/CCCCC(=O)OC[C@H](CO[C@@H]1O[C@H](CO)[C@H](O)C(O)C1O)OC(=O)CCCCCCCCCCCCC/C=C/CCCCCCCC. The molecule has 2 unspecified atom stereocenters. The van der Waals surface area contributed by atoms with Crippen LogP contribution in [0.3, 0.4) is 0 Å². The molecule has 0 bridgehead atoms. The van der Waals surface area contributed by atoms with E-state index in [9.17, 15) is 30.0 Å². The second-order valence-corrected chi connectivity index (χ2v) is 16.9. The first-order valence-electron chi connectivity index (χ1n) is 24.7. The molecule has 0 spiro atoms. The summed E-state index contributed by atoms with van der Waals surface area (Å²) in [6.07, 6.45) is 42.6. The van der Waals surface area contributed by atoms with Gasteiger partial charge < -0.3 is 39.4 Å². The highest BCUT2D eigenvalue weighted by atomic mass is 16.7. The van der Waals surface area contributed by atoms with Crippen LogP contribution in [0.2, 0.25) is 0 Å². The highest BCUT2D eigenvalue weighted by Crippen LogP contribution is 2.23. The topological polar surface area (TPSA) is 152 Å². The van der Waals surface area contributed by atoms with Crippen LogP contribution >= 0.6 is 0 Å². The van der Waals surface area contributed by atoms with E-state index in [-0.39, 0.29) is 26.1 Å². The van der Waals surface area contributed by atoms with E-state index in [1.165, 1.54) is 116 Å². The maximum atomic E-state index is 12.8. The number of hydrogen-bond acceptors (Lipinski definition) is 10. The largest absolute Gasteiger partial charge is 0.462 e. The van der Waals surface area contributed by atoms with Crippen molar-refractivity contribution in [3.05, 3.63) is 48.6 Å². The lowest BCUT2D eigenvalue weighted by atomic mass is 9.99. The number of aliphatic hydroxyl groups is 4. The van der Waals surface area contributed by atoms with Crippen molar-refractivity contribution in [3.63, 3.8) is 0 Å². The van der Waals surface area contributed by atoms with E-state index >= 15 is 0 Å². The van der Waals surface area contributed by atoms with Crippen LogP contribution < -0.4 is 0 Å². The van der Waals surface area contributed by atoms with Crippen LogP contribution in [0.4, 0.5) is 0 Å². The minimum atomic E-state index is -1.60. The van der Waals surface area contributed by atoms with Crippen LogP contribution in [-0.2, 0) is 28.5 Å². The van der Waals surface area contributed by atoms with Crippen molar-refractivity contribution in [2.45, 2.75) is 243 Å². The summed E-state index contributed by atoms with van der Waals surface area (Å²) >= 11 is 0. The molecule has 0 amide bonds. The Hall–Kier alpha value is -2.34. The number of allylic oxidation sites excluding steroid dienone is 8. The zero-order chi connectivity index (χ0) is 44.4. The highest BCUT2D eigenvalue weighted by Gasteiger charge is 2.44. The van der Waals surface area contributed by atoms with Gasteiger partial charge in [0, 0.05) is 12.8 Å². The molecule has 10 heteroatoms. The normalized spacial score (nSPS) is 20.1. The fourth-order valence-corrected chi connectivity index (χ4v) is 7.25. The maximum absolute atomic E-state index is 12.8. The Labute approximate surface area is 371 Å². The highest BCUT2D eigenvalue weighted by molar-refractivity contribution is 5.70. The molecule has 1 fully saturated rings. The van der Waals surface area contributed by atoms with E-state index in [0.717, 1.165) is 51.4 Å². The number of rotatable bonds is 41. The van der Waals surface area contributed by atoms with Gasteiger partial charge in [-0.3, -0.25) is 9.59 Å². The van der Waals surface area contributed by atoms with Crippen LogP contribution in [0.5, 0.6) is 0 Å². The summed E-state index contributed by atoms with van der Waals surface area (Å²) in [6.45, 7) is 3.36. The van der Waals surface area contributed by atoms with Gasteiger partial charge in [0.05, 0.1) is 13.2 Å². The van der Waals surface area contributed by atoms with E-state index in [1.54, 1.807) is 0 Å². The van der Waals surface area contributed by atoms with Gasteiger partial charge >= 0.3 is 11.9 Å². The summed E-state index contributed by atoms with van der Waals surface area (Å²) in [7, 11) is 0. The third kappa shape index (κ3) is 32.9. The minimum Gasteiger partial charge on any atom is -0.462 e. The predicted molar refractivity (Wildman–Crippen MR) is 247 cm³/mol. The van der Waals surface area contributed by atoms with Gasteiger partial charge in [0.2, 0.25) is 0 Å².